The van der Waals surface area contributed by atoms with E-state index in [1.54, 1.807) is 0 Å². The van der Waals surface area contributed by atoms with Crippen LogP contribution in [0, 0.1) is 0 Å². The molecule has 2 aromatic rings. The normalized spacial score (nSPS) is 11.6. The van der Waals surface area contributed by atoms with Gasteiger partial charge in [0.1, 0.15) is 5.75 Å². The number of hydrogen-bond acceptors (Lipinski definition) is 1. The first-order valence-electron chi connectivity index (χ1n) is 7.94. The number of unbranched alkanes of at least 4 members (excludes halogenated alkanes) is 2. The molecule has 0 aliphatic rings. The van der Waals surface area contributed by atoms with Crippen molar-refractivity contribution in [2.75, 3.05) is 0 Å². The predicted octanol–water partition coefficient (Wildman–Crippen LogP) is 5.45. The number of aryl methyl sites for hydroxylation is 1. The minimum Gasteiger partial charge on any atom is -0.507 e. The first-order chi connectivity index (χ1) is 10.1. The summed E-state index contributed by atoms with van der Waals surface area (Å²) in [6.45, 7) is 6.55. The van der Waals surface area contributed by atoms with E-state index in [9.17, 15) is 5.11 Å². The van der Waals surface area contributed by atoms with Gasteiger partial charge in [-0.1, -0.05) is 82.1 Å². The quantitative estimate of drug-likeness (QED) is 0.698. The van der Waals surface area contributed by atoms with E-state index < -0.39 is 0 Å². The van der Waals surface area contributed by atoms with E-state index in [1.807, 2.05) is 12.1 Å². The Morgan fingerprint density at radius 2 is 1.62 bits per heavy atom. The number of phenolic OH excluding ortho intramolecular Hbond substituents is 1. The highest BCUT2D eigenvalue weighted by Crippen LogP contribution is 2.38. The van der Waals surface area contributed by atoms with Gasteiger partial charge in [0, 0.05) is 11.0 Å². The molecule has 0 unspecified atom stereocenters. The largest absolute Gasteiger partial charge is 0.507 e. The Morgan fingerprint density at radius 1 is 0.905 bits per heavy atom. The Labute approximate surface area is 128 Å². The van der Waals surface area contributed by atoms with Gasteiger partial charge in [-0.2, -0.15) is 0 Å². The fourth-order valence-electron chi connectivity index (χ4n) is 2.87. The van der Waals surface area contributed by atoms with Crippen LogP contribution in [0.15, 0.2) is 48.5 Å². The van der Waals surface area contributed by atoms with Crippen molar-refractivity contribution in [3.63, 3.8) is 0 Å². The summed E-state index contributed by atoms with van der Waals surface area (Å²) >= 11 is 0. The minimum atomic E-state index is -0.188. The van der Waals surface area contributed by atoms with Gasteiger partial charge in [-0.15, -0.1) is 0 Å². The SMILES string of the molecule is CCCCCc1cccc(C(C)(C)c2ccccc2)c1O. The number of hydrogen-bond donors (Lipinski definition) is 1. The van der Waals surface area contributed by atoms with E-state index in [0.717, 1.165) is 24.0 Å². The maximum Gasteiger partial charge on any atom is 0.122 e. The average Bonchev–Trinajstić information content (AvgIpc) is 2.50. The number of rotatable bonds is 6. The van der Waals surface area contributed by atoms with E-state index in [1.165, 1.54) is 18.4 Å². The van der Waals surface area contributed by atoms with Crippen molar-refractivity contribution in [2.24, 2.45) is 0 Å². The van der Waals surface area contributed by atoms with Crippen molar-refractivity contribution in [2.45, 2.75) is 51.9 Å². The molecule has 21 heavy (non-hydrogen) atoms. The second kappa shape index (κ2) is 6.80. The fraction of sp³-hybridized carbons (Fsp3) is 0.400. The molecule has 1 nitrogen and oxygen atoms in total. The molecule has 1 heteroatoms. The molecule has 0 radical (unpaired) electrons. The second-order valence-electron chi connectivity index (χ2n) is 6.26. The molecule has 2 rings (SSSR count). The lowest BCUT2D eigenvalue weighted by Gasteiger charge is -2.27. The van der Waals surface area contributed by atoms with Crippen LogP contribution < -0.4 is 0 Å². The molecule has 0 aromatic heterocycles. The molecule has 1 N–H and O–H groups in total. The summed E-state index contributed by atoms with van der Waals surface area (Å²) in [5.74, 6) is 0.474. The number of aromatic hydroxyl groups is 1. The van der Waals surface area contributed by atoms with Gasteiger partial charge in [0.25, 0.3) is 0 Å². The molecule has 2 aromatic carbocycles. The molecular formula is C20H26O. The van der Waals surface area contributed by atoms with Crippen LogP contribution in [-0.4, -0.2) is 5.11 Å². The third-order valence-electron chi connectivity index (χ3n) is 4.34. The Balaban J connectivity index is 2.33. The minimum absolute atomic E-state index is 0.188. The molecule has 0 fully saturated rings. The van der Waals surface area contributed by atoms with Gasteiger partial charge in [0.15, 0.2) is 0 Å². The highest BCUT2D eigenvalue weighted by Gasteiger charge is 2.26. The lowest BCUT2D eigenvalue weighted by atomic mass is 9.77. The van der Waals surface area contributed by atoms with E-state index >= 15 is 0 Å². The number of phenols is 1. The zero-order valence-corrected chi connectivity index (χ0v) is 13.4. The number of para-hydroxylation sites is 1. The lowest BCUT2D eigenvalue weighted by molar-refractivity contribution is 0.445. The van der Waals surface area contributed by atoms with Crippen molar-refractivity contribution >= 4 is 0 Å². The van der Waals surface area contributed by atoms with Crippen LogP contribution in [-0.2, 0) is 11.8 Å². The molecule has 0 aliphatic heterocycles. The van der Waals surface area contributed by atoms with Crippen LogP contribution in [0.1, 0.15) is 56.7 Å². The van der Waals surface area contributed by atoms with Gasteiger partial charge in [0.2, 0.25) is 0 Å². The molecule has 0 atom stereocenters. The number of benzene rings is 2. The zero-order chi connectivity index (χ0) is 15.3. The topological polar surface area (TPSA) is 20.2 Å². The third kappa shape index (κ3) is 3.47. The Morgan fingerprint density at radius 3 is 2.29 bits per heavy atom. The highest BCUT2D eigenvalue weighted by atomic mass is 16.3. The van der Waals surface area contributed by atoms with Crippen molar-refractivity contribution in [1.29, 1.82) is 0 Å². The zero-order valence-electron chi connectivity index (χ0n) is 13.4. The predicted molar refractivity (Wildman–Crippen MR) is 89.9 cm³/mol. The van der Waals surface area contributed by atoms with Gasteiger partial charge in [-0.05, 0) is 24.0 Å². The van der Waals surface area contributed by atoms with Gasteiger partial charge >= 0.3 is 0 Å². The first-order valence-corrected chi connectivity index (χ1v) is 7.94. The van der Waals surface area contributed by atoms with Crippen molar-refractivity contribution < 1.29 is 5.11 Å². The summed E-state index contributed by atoms with van der Waals surface area (Å²) in [5, 5.41) is 10.7. The average molecular weight is 282 g/mol. The summed E-state index contributed by atoms with van der Waals surface area (Å²) in [4.78, 5) is 0. The summed E-state index contributed by atoms with van der Waals surface area (Å²) < 4.78 is 0. The summed E-state index contributed by atoms with van der Waals surface area (Å²) in [6.07, 6.45) is 4.51. The van der Waals surface area contributed by atoms with Gasteiger partial charge in [0.05, 0.1) is 0 Å². The van der Waals surface area contributed by atoms with Gasteiger partial charge in [-0.25, -0.2) is 0 Å². The first kappa shape index (κ1) is 15.6. The molecule has 112 valence electrons. The molecule has 0 bridgehead atoms. The molecule has 0 amide bonds. The van der Waals surface area contributed by atoms with Crippen LogP contribution in [0.2, 0.25) is 0 Å². The maximum atomic E-state index is 10.7. The smallest absolute Gasteiger partial charge is 0.122 e. The van der Waals surface area contributed by atoms with Crippen molar-refractivity contribution in [1.82, 2.24) is 0 Å². The van der Waals surface area contributed by atoms with Crippen LogP contribution in [0.25, 0.3) is 0 Å². The lowest BCUT2D eigenvalue weighted by Crippen LogP contribution is -2.19. The summed E-state index contributed by atoms with van der Waals surface area (Å²) in [7, 11) is 0. The Bertz CT molecular complexity index is 570. The van der Waals surface area contributed by atoms with Crippen LogP contribution in [0.5, 0.6) is 5.75 Å². The fourth-order valence-corrected chi connectivity index (χ4v) is 2.87. The second-order valence-corrected chi connectivity index (χ2v) is 6.26. The molecule has 0 aliphatic carbocycles. The van der Waals surface area contributed by atoms with Crippen LogP contribution in [0.4, 0.5) is 0 Å². The van der Waals surface area contributed by atoms with Gasteiger partial charge in [-0.3, -0.25) is 0 Å². The van der Waals surface area contributed by atoms with Crippen molar-refractivity contribution in [3.8, 4) is 5.75 Å². The third-order valence-corrected chi connectivity index (χ3v) is 4.34. The molecule has 0 saturated carbocycles. The Kier molecular flexibility index (Phi) is 5.06. The molecule has 0 saturated heterocycles. The summed E-state index contributed by atoms with van der Waals surface area (Å²) in [5.41, 5.74) is 3.13. The van der Waals surface area contributed by atoms with Crippen LogP contribution >= 0.6 is 0 Å². The Hall–Kier alpha value is -1.76. The summed E-state index contributed by atoms with van der Waals surface area (Å²) in [6, 6.07) is 16.6. The van der Waals surface area contributed by atoms with Crippen molar-refractivity contribution in [3.05, 3.63) is 65.2 Å². The molecule has 0 heterocycles. The molecular weight excluding hydrogens is 256 g/mol. The van der Waals surface area contributed by atoms with E-state index in [2.05, 4.69) is 57.2 Å². The maximum absolute atomic E-state index is 10.7. The molecule has 0 spiro atoms. The van der Waals surface area contributed by atoms with E-state index in [-0.39, 0.29) is 5.41 Å². The van der Waals surface area contributed by atoms with E-state index in [0.29, 0.717) is 5.75 Å². The standard InChI is InChI=1S/C20H26O/c1-4-5-7-11-16-12-10-15-18(19(16)21)20(2,3)17-13-8-6-9-14-17/h6,8-10,12-15,21H,4-5,7,11H2,1-3H3. The monoisotopic (exact) mass is 282 g/mol. The van der Waals surface area contributed by atoms with Gasteiger partial charge < -0.3 is 5.11 Å². The van der Waals surface area contributed by atoms with Crippen LogP contribution in [0.3, 0.4) is 0 Å². The van der Waals surface area contributed by atoms with E-state index in [4.69, 9.17) is 0 Å². The highest BCUT2D eigenvalue weighted by molar-refractivity contribution is 5.49.